The highest BCUT2D eigenvalue weighted by molar-refractivity contribution is 6.34. The molecule has 0 aliphatic carbocycles. The first-order chi connectivity index (χ1) is 8.16. The summed E-state index contributed by atoms with van der Waals surface area (Å²) in [6, 6.07) is 10.1. The lowest BCUT2D eigenvalue weighted by molar-refractivity contribution is 0.102. The van der Waals surface area contributed by atoms with Crippen molar-refractivity contribution in [2.75, 3.05) is 5.32 Å². The predicted octanol–water partition coefficient (Wildman–Crippen LogP) is 3.64. The Bertz CT molecular complexity index is 558. The molecule has 0 bridgehead atoms. The van der Waals surface area contributed by atoms with Crippen LogP contribution in [0.25, 0.3) is 0 Å². The minimum atomic E-state index is -0.276. The van der Waals surface area contributed by atoms with Crippen LogP contribution in [0.15, 0.2) is 42.6 Å². The Morgan fingerprint density at radius 1 is 1.18 bits per heavy atom. The highest BCUT2D eigenvalue weighted by atomic mass is 35.5. The number of hydrogen-bond donors (Lipinski definition) is 1. The Labute approximate surface area is 108 Å². The number of benzene rings is 1. The van der Waals surface area contributed by atoms with E-state index in [-0.39, 0.29) is 11.1 Å². The SMILES string of the molecule is O=C(Nc1ccccc1Cl)c1ccnc(Cl)c1. The number of halogens is 2. The molecule has 0 spiro atoms. The third-order valence-electron chi connectivity index (χ3n) is 2.11. The average molecular weight is 267 g/mol. The molecular weight excluding hydrogens is 259 g/mol. The van der Waals surface area contributed by atoms with Crippen molar-refractivity contribution in [3.8, 4) is 0 Å². The molecule has 0 aliphatic heterocycles. The zero-order valence-corrected chi connectivity index (χ0v) is 10.2. The number of carbonyl (C=O) groups is 1. The first-order valence-corrected chi connectivity index (χ1v) is 5.60. The molecule has 1 aromatic carbocycles. The van der Waals surface area contributed by atoms with E-state index in [1.54, 1.807) is 30.3 Å². The van der Waals surface area contributed by atoms with Crippen molar-refractivity contribution in [3.05, 3.63) is 58.3 Å². The monoisotopic (exact) mass is 266 g/mol. The molecular formula is C12H8Cl2N2O. The van der Waals surface area contributed by atoms with Crippen molar-refractivity contribution >= 4 is 34.8 Å². The lowest BCUT2D eigenvalue weighted by Gasteiger charge is -2.06. The largest absolute Gasteiger partial charge is 0.321 e. The Morgan fingerprint density at radius 2 is 1.94 bits per heavy atom. The molecule has 0 aliphatic rings. The molecule has 86 valence electrons. The van der Waals surface area contributed by atoms with Gasteiger partial charge < -0.3 is 5.32 Å². The van der Waals surface area contributed by atoms with Crippen LogP contribution in [0.4, 0.5) is 5.69 Å². The van der Waals surface area contributed by atoms with Gasteiger partial charge in [0.2, 0.25) is 0 Å². The first kappa shape index (κ1) is 11.9. The molecule has 1 N–H and O–H groups in total. The number of pyridine rings is 1. The Kier molecular flexibility index (Phi) is 3.61. The van der Waals surface area contributed by atoms with Gasteiger partial charge in [-0.15, -0.1) is 0 Å². The van der Waals surface area contributed by atoms with Gasteiger partial charge in [-0.05, 0) is 24.3 Å². The van der Waals surface area contributed by atoms with Gasteiger partial charge in [0.1, 0.15) is 5.15 Å². The number of amides is 1. The fraction of sp³-hybridized carbons (Fsp3) is 0. The van der Waals surface area contributed by atoms with Crippen LogP contribution in [0.5, 0.6) is 0 Å². The van der Waals surface area contributed by atoms with Gasteiger partial charge in [0.15, 0.2) is 0 Å². The maximum atomic E-state index is 11.9. The van der Waals surface area contributed by atoms with E-state index >= 15 is 0 Å². The number of aromatic nitrogens is 1. The van der Waals surface area contributed by atoms with Crippen LogP contribution >= 0.6 is 23.2 Å². The lowest BCUT2D eigenvalue weighted by atomic mass is 10.2. The quantitative estimate of drug-likeness (QED) is 0.844. The van der Waals surface area contributed by atoms with Crippen molar-refractivity contribution in [2.24, 2.45) is 0 Å². The van der Waals surface area contributed by atoms with Gasteiger partial charge in [-0.1, -0.05) is 35.3 Å². The molecule has 2 rings (SSSR count). The third kappa shape index (κ3) is 2.96. The van der Waals surface area contributed by atoms with Crippen molar-refractivity contribution < 1.29 is 4.79 Å². The zero-order valence-electron chi connectivity index (χ0n) is 8.65. The molecule has 0 atom stereocenters. The first-order valence-electron chi connectivity index (χ1n) is 4.84. The molecule has 1 amide bonds. The van der Waals surface area contributed by atoms with Gasteiger partial charge in [-0.2, -0.15) is 0 Å². The molecule has 1 aromatic heterocycles. The fourth-order valence-electron chi connectivity index (χ4n) is 1.30. The molecule has 0 radical (unpaired) electrons. The predicted molar refractivity (Wildman–Crippen MR) is 68.7 cm³/mol. The summed E-state index contributed by atoms with van der Waals surface area (Å²) in [6.07, 6.45) is 1.48. The second-order valence-electron chi connectivity index (χ2n) is 3.30. The van der Waals surface area contributed by atoms with Crippen LogP contribution in [0, 0.1) is 0 Å². The Hall–Kier alpha value is -1.58. The second-order valence-corrected chi connectivity index (χ2v) is 4.10. The smallest absolute Gasteiger partial charge is 0.255 e. The molecule has 0 fully saturated rings. The zero-order chi connectivity index (χ0) is 12.3. The summed E-state index contributed by atoms with van der Waals surface area (Å²) in [5.74, 6) is -0.276. The topological polar surface area (TPSA) is 42.0 Å². The van der Waals surface area contributed by atoms with Gasteiger partial charge in [-0.3, -0.25) is 4.79 Å². The molecule has 0 unspecified atom stereocenters. The van der Waals surface area contributed by atoms with Gasteiger partial charge in [0, 0.05) is 11.8 Å². The minimum Gasteiger partial charge on any atom is -0.321 e. The standard InChI is InChI=1S/C12H8Cl2N2O/c13-9-3-1-2-4-10(9)16-12(17)8-5-6-15-11(14)7-8/h1-7H,(H,16,17). The van der Waals surface area contributed by atoms with Crippen LogP contribution in [-0.4, -0.2) is 10.9 Å². The number of hydrogen-bond acceptors (Lipinski definition) is 2. The van der Waals surface area contributed by atoms with E-state index in [9.17, 15) is 4.79 Å². The highest BCUT2D eigenvalue weighted by Gasteiger charge is 2.08. The van der Waals surface area contributed by atoms with Crippen LogP contribution < -0.4 is 5.32 Å². The van der Waals surface area contributed by atoms with E-state index in [1.807, 2.05) is 0 Å². The third-order valence-corrected chi connectivity index (χ3v) is 2.65. The number of anilines is 1. The van der Waals surface area contributed by atoms with Gasteiger partial charge in [0.05, 0.1) is 10.7 Å². The van der Waals surface area contributed by atoms with E-state index in [0.717, 1.165) is 0 Å². The second kappa shape index (κ2) is 5.17. The van der Waals surface area contributed by atoms with E-state index < -0.39 is 0 Å². The summed E-state index contributed by atoms with van der Waals surface area (Å²) in [7, 11) is 0. The van der Waals surface area contributed by atoms with Gasteiger partial charge in [0.25, 0.3) is 5.91 Å². The summed E-state index contributed by atoms with van der Waals surface area (Å²) in [4.78, 5) is 15.7. The summed E-state index contributed by atoms with van der Waals surface area (Å²) in [6.45, 7) is 0. The van der Waals surface area contributed by atoms with E-state index in [1.165, 1.54) is 12.3 Å². The Balaban J connectivity index is 2.20. The molecule has 0 saturated heterocycles. The van der Waals surface area contributed by atoms with Crippen molar-refractivity contribution in [3.63, 3.8) is 0 Å². The van der Waals surface area contributed by atoms with Crippen molar-refractivity contribution in [2.45, 2.75) is 0 Å². The van der Waals surface area contributed by atoms with E-state index in [4.69, 9.17) is 23.2 Å². The van der Waals surface area contributed by atoms with Crippen LogP contribution in [0.2, 0.25) is 10.2 Å². The van der Waals surface area contributed by atoms with Crippen LogP contribution in [0.1, 0.15) is 10.4 Å². The van der Waals surface area contributed by atoms with Crippen molar-refractivity contribution in [1.82, 2.24) is 4.98 Å². The molecule has 3 nitrogen and oxygen atoms in total. The summed E-state index contributed by atoms with van der Waals surface area (Å²) >= 11 is 11.6. The summed E-state index contributed by atoms with van der Waals surface area (Å²) < 4.78 is 0. The molecule has 2 aromatic rings. The molecule has 1 heterocycles. The summed E-state index contributed by atoms with van der Waals surface area (Å²) in [5.41, 5.74) is 0.997. The van der Waals surface area contributed by atoms with Crippen LogP contribution in [-0.2, 0) is 0 Å². The van der Waals surface area contributed by atoms with Crippen LogP contribution in [0.3, 0.4) is 0 Å². The van der Waals surface area contributed by atoms with Gasteiger partial charge in [-0.25, -0.2) is 4.98 Å². The van der Waals surface area contributed by atoms with E-state index in [2.05, 4.69) is 10.3 Å². The number of carbonyl (C=O) groups excluding carboxylic acids is 1. The molecule has 0 saturated carbocycles. The van der Waals surface area contributed by atoms with E-state index in [0.29, 0.717) is 16.3 Å². The maximum Gasteiger partial charge on any atom is 0.255 e. The van der Waals surface area contributed by atoms with Gasteiger partial charge >= 0.3 is 0 Å². The number of rotatable bonds is 2. The molecule has 5 heteroatoms. The molecule has 17 heavy (non-hydrogen) atoms. The highest BCUT2D eigenvalue weighted by Crippen LogP contribution is 2.21. The summed E-state index contributed by atoms with van der Waals surface area (Å²) in [5, 5.41) is 3.46. The number of para-hydroxylation sites is 1. The Morgan fingerprint density at radius 3 is 2.65 bits per heavy atom. The fourth-order valence-corrected chi connectivity index (χ4v) is 1.66. The number of nitrogens with one attached hydrogen (secondary N) is 1. The maximum absolute atomic E-state index is 11.9. The number of nitrogens with zero attached hydrogens (tertiary/aromatic N) is 1. The van der Waals surface area contributed by atoms with Crippen molar-refractivity contribution in [1.29, 1.82) is 0 Å². The minimum absolute atomic E-state index is 0.275. The lowest BCUT2D eigenvalue weighted by Crippen LogP contribution is -2.12. The average Bonchev–Trinajstić information content (AvgIpc) is 2.32. The normalized spacial score (nSPS) is 10.0.